The number of H-pyrrole nitrogens is 2. The molecule has 0 aliphatic rings. The van der Waals surface area contributed by atoms with Crippen LogP contribution >= 0.6 is 25.3 Å². The Bertz CT molecular complexity index is 2310. The van der Waals surface area contributed by atoms with E-state index in [2.05, 4.69) is 35.2 Å². The summed E-state index contributed by atoms with van der Waals surface area (Å²) in [5.74, 6) is 0. The molecule has 0 atom stereocenters. The highest BCUT2D eigenvalue weighted by molar-refractivity contribution is 7.80. The molecule has 0 unspecified atom stereocenters. The quantitative estimate of drug-likeness (QED) is 0.120. The maximum Gasteiger partial charge on any atom is 0.196 e. The molecule has 0 spiro atoms. The fourth-order valence-electron chi connectivity index (χ4n) is 5.73. The first-order valence-corrected chi connectivity index (χ1v) is 12.8. The van der Waals surface area contributed by atoms with Crippen LogP contribution in [-0.2, 0) is 0 Å². The Kier molecular flexibility index (Phi) is 4.66. The summed E-state index contributed by atoms with van der Waals surface area (Å²) < 4.78 is 0. The highest BCUT2D eigenvalue weighted by Crippen LogP contribution is 2.36. The van der Waals surface area contributed by atoms with Crippen LogP contribution in [0, 0.1) is 13.8 Å². The van der Waals surface area contributed by atoms with Gasteiger partial charge in [0.15, 0.2) is 21.7 Å². The van der Waals surface area contributed by atoms with Crippen LogP contribution in [0.15, 0.2) is 77.5 Å². The number of hydrogen-bond donors (Lipinski definition) is 4. The summed E-state index contributed by atoms with van der Waals surface area (Å²) in [6, 6.07) is 13.5. The van der Waals surface area contributed by atoms with E-state index < -0.39 is 0 Å². The van der Waals surface area contributed by atoms with Crippen molar-refractivity contribution in [2.45, 2.75) is 23.6 Å². The molecule has 7 aromatic rings. The maximum absolute atomic E-state index is 13.8. The zero-order valence-corrected chi connectivity index (χ0v) is 21.9. The van der Waals surface area contributed by atoms with Crippen molar-refractivity contribution in [3.05, 3.63) is 101 Å². The van der Waals surface area contributed by atoms with Crippen molar-refractivity contribution in [1.29, 1.82) is 0 Å². The van der Waals surface area contributed by atoms with Crippen molar-refractivity contribution >= 4 is 90.4 Å². The van der Waals surface area contributed by atoms with E-state index in [1.165, 1.54) is 0 Å². The molecular weight excluding hydrogens is 516 g/mol. The molecule has 0 bridgehead atoms. The smallest absolute Gasteiger partial charge is 0.196 e. The molecule has 7 rings (SSSR count). The van der Waals surface area contributed by atoms with E-state index in [1.807, 2.05) is 0 Å². The Balaban J connectivity index is 1.83. The summed E-state index contributed by atoms with van der Waals surface area (Å²) >= 11 is 9.35. The summed E-state index contributed by atoms with van der Waals surface area (Å²) in [6.07, 6.45) is 0. The second-order valence-electron chi connectivity index (χ2n) is 9.60. The van der Waals surface area contributed by atoms with Gasteiger partial charge in [-0.25, -0.2) is 0 Å². The first-order valence-electron chi connectivity index (χ1n) is 11.9. The van der Waals surface area contributed by atoms with Crippen LogP contribution in [0.3, 0.4) is 0 Å². The third kappa shape index (κ3) is 2.71. The van der Waals surface area contributed by atoms with E-state index >= 15 is 0 Å². The summed E-state index contributed by atoms with van der Waals surface area (Å²) in [5, 5.41) is 2.27. The highest BCUT2D eigenvalue weighted by Gasteiger charge is 2.23. The Labute approximate surface area is 224 Å². The highest BCUT2D eigenvalue weighted by atomic mass is 32.1. The van der Waals surface area contributed by atoms with Gasteiger partial charge in [-0.2, -0.15) is 0 Å². The van der Waals surface area contributed by atoms with E-state index in [9.17, 15) is 19.2 Å². The minimum atomic E-state index is -0.290. The fraction of sp³-hybridized carbons (Fsp3) is 0.0667. The molecule has 8 heteroatoms. The molecule has 38 heavy (non-hydrogen) atoms. The molecule has 0 aliphatic heterocycles. The van der Waals surface area contributed by atoms with Crippen LogP contribution in [0.4, 0.5) is 0 Å². The summed E-state index contributed by atoms with van der Waals surface area (Å²) in [6.45, 7) is 3.60. The normalized spacial score (nSPS) is 12.1. The third-order valence-corrected chi connectivity index (χ3v) is 8.79. The van der Waals surface area contributed by atoms with Crippen LogP contribution in [-0.4, -0.2) is 9.97 Å². The van der Waals surface area contributed by atoms with Gasteiger partial charge in [-0.15, -0.1) is 25.3 Å². The van der Waals surface area contributed by atoms with E-state index in [-0.39, 0.29) is 43.3 Å². The van der Waals surface area contributed by atoms with Crippen LogP contribution < -0.4 is 21.7 Å². The molecule has 184 valence electrons. The number of rotatable bonds is 0. The molecular formula is C30H18N2O4S2. The number of aromatic amines is 2. The van der Waals surface area contributed by atoms with Crippen LogP contribution in [0.5, 0.6) is 0 Å². The Morgan fingerprint density at radius 2 is 0.763 bits per heavy atom. The topological polar surface area (TPSA) is 99.9 Å². The molecule has 0 amide bonds. The lowest BCUT2D eigenvalue weighted by atomic mass is 9.96. The third-order valence-electron chi connectivity index (χ3n) is 7.67. The number of aromatic nitrogens is 2. The van der Waals surface area contributed by atoms with Crippen LogP contribution in [0.25, 0.3) is 65.2 Å². The predicted octanol–water partition coefficient (Wildman–Crippen LogP) is 5.33. The minimum Gasteiger partial charge on any atom is -0.351 e. The van der Waals surface area contributed by atoms with Gasteiger partial charge in [0.25, 0.3) is 0 Å². The van der Waals surface area contributed by atoms with E-state index in [0.29, 0.717) is 64.5 Å². The number of aryl methyl sites for hydroxylation is 2. The summed E-state index contributed by atoms with van der Waals surface area (Å²) in [7, 11) is 0. The molecule has 6 nitrogen and oxygen atoms in total. The van der Waals surface area contributed by atoms with Gasteiger partial charge in [0.1, 0.15) is 0 Å². The summed E-state index contributed by atoms with van der Waals surface area (Å²) in [5.41, 5.74) is 2.06. The lowest BCUT2D eigenvalue weighted by Gasteiger charge is -2.16. The van der Waals surface area contributed by atoms with Gasteiger partial charge in [0.05, 0.1) is 32.8 Å². The molecule has 1 heterocycles. The van der Waals surface area contributed by atoms with Crippen molar-refractivity contribution in [1.82, 2.24) is 9.97 Å². The molecule has 0 fully saturated rings. The molecule has 0 aliphatic carbocycles. The standard InChI is InChI=1S/C30H18N2O4S2/c1-11-21-23(17-19(29(11)37)27(35)15-9-5-3-7-13(15)25(17)33)32-22-12(2)30(38)20-18(24(22)31-21)26(34)14-8-4-6-10-16(14)28(20)36/h3-10,31-32,37-38H,1-2H3. The zero-order chi connectivity index (χ0) is 26.6. The molecule has 6 aromatic carbocycles. The van der Waals surface area contributed by atoms with Gasteiger partial charge in [-0.1, -0.05) is 48.5 Å². The first kappa shape index (κ1) is 23.0. The average Bonchev–Trinajstić information content (AvgIpc) is 2.93. The molecule has 0 radical (unpaired) electrons. The lowest BCUT2D eigenvalue weighted by molar-refractivity contribution is 1.28. The average molecular weight is 535 g/mol. The van der Waals surface area contributed by atoms with Crippen molar-refractivity contribution < 1.29 is 0 Å². The van der Waals surface area contributed by atoms with Crippen molar-refractivity contribution in [2.75, 3.05) is 0 Å². The molecule has 2 N–H and O–H groups in total. The van der Waals surface area contributed by atoms with Crippen LogP contribution in [0.2, 0.25) is 0 Å². The number of hydrogen-bond acceptors (Lipinski definition) is 6. The number of thiol groups is 2. The number of fused-ring (bicyclic) bond motifs is 8. The van der Waals surface area contributed by atoms with Gasteiger partial charge < -0.3 is 9.97 Å². The largest absolute Gasteiger partial charge is 0.351 e. The zero-order valence-electron chi connectivity index (χ0n) is 20.1. The van der Waals surface area contributed by atoms with E-state index in [4.69, 9.17) is 0 Å². The SMILES string of the molecule is Cc1c(S)c2c(=O)c3ccccc3c(=O)c2c2[nH]c3c(C)c(S)c4c(=O)c5ccccc5c(=O)c4c3[nH]c12. The number of nitrogens with one attached hydrogen (secondary N) is 2. The lowest BCUT2D eigenvalue weighted by Crippen LogP contribution is -2.16. The predicted molar refractivity (Wildman–Crippen MR) is 160 cm³/mol. The second kappa shape index (κ2) is 7.69. The number of benzene rings is 6. The Morgan fingerprint density at radius 3 is 1.08 bits per heavy atom. The molecule has 0 saturated carbocycles. The van der Waals surface area contributed by atoms with Crippen molar-refractivity contribution in [3.63, 3.8) is 0 Å². The maximum atomic E-state index is 13.8. The van der Waals surface area contributed by atoms with Gasteiger partial charge in [-0.3, -0.25) is 19.2 Å². The monoisotopic (exact) mass is 534 g/mol. The minimum absolute atomic E-state index is 0.225. The van der Waals surface area contributed by atoms with Gasteiger partial charge >= 0.3 is 0 Å². The summed E-state index contributed by atoms with van der Waals surface area (Å²) in [4.78, 5) is 62.0. The van der Waals surface area contributed by atoms with Crippen LogP contribution in [0.1, 0.15) is 11.1 Å². The Hall–Kier alpha value is -4.14. The molecule has 0 saturated heterocycles. The van der Waals surface area contributed by atoms with E-state index in [1.54, 1.807) is 62.4 Å². The van der Waals surface area contributed by atoms with Gasteiger partial charge in [-0.05, 0) is 25.0 Å². The van der Waals surface area contributed by atoms with Gasteiger partial charge in [0, 0.05) is 42.1 Å². The molecule has 1 aromatic heterocycles. The first-order chi connectivity index (χ1) is 18.2. The fourth-order valence-corrected chi connectivity index (χ4v) is 6.38. The Morgan fingerprint density at radius 1 is 0.474 bits per heavy atom. The second-order valence-corrected chi connectivity index (χ2v) is 10.5. The van der Waals surface area contributed by atoms with Crippen molar-refractivity contribution in [3.8, 4) is 0 Å². The van der Waals surface area contributed by atoms with Gasteiger partial charge in [0.2, 0.25) is 0 Å². The van der Waals surface area contributed by atoms with Crippen molar-refractivity contribution in [2.24, 2.45) is 0 Å². The van der Waals surface area contributed by atoms with E-state index in [0.717, 1.165) is 0 Å².